The number of pyridine rings is 1. The summed E-state index contributed by atoms with van der Waals surface area (Å²) >= 11 is 0. The van der Waals surface area contributed by atoms with Crippen LogP contribution in [0.2, 0.25) is 0 Å². The third kappa shape index (κ3) is 3.39. The van der Waals surface area contributed by atoms with E-state index in [1.54, 1.807) is 0 Å². The van der Waals surface area contributed by atoms with Crippen molar-refractivity contribution < 1.29 is 9.84 Å². The van der Waals surface area contributed by atoms with Crippen molar-refractivity contribution in [2.24, 2.45) is 0 Å². The van der Waals surface area contributed by atoms with Gasteiger partial charge in [-0.25, -0.2) is 4.98 Å². The number of para-hydroxylation sites is 1. The summed E-state index contributed by atoms with van der Waals surface area (Å²) in [4.78, 5) is 4.64. The van der Waals surface area contributed by atoms with Gasteiger partial charge in [0.05, 0.1) is 17.3 Å². The third-order valence-electron chi connectivity index (χ3n) is 4.65. The third-order valence-corrected chi connectivity index (χ3v) is 4.65. The fraction of sp³-hybridized carbons (Fsp3) is 0.174. The van der Waals surface area contributed by atoms with Crippen LogP contribution in [-0.4, -0.2) is 10.1 Å². The summed E-state index contributed by atoms with van der Waals surface area (Å²) < 4.78 is 5.94. The molecule has 3 aromatic carbocycles. The summed E-state index contributed by atoms with van der Waals surface area (Å²) in [6.07, 6.45) is 0.306. The molecule has 0 saturated heterocycles. The molecule has 130 valence electrons. The SMILES string of the molecule is CC[C@H](O)c1ccc2cc(OCc3ccc4ccccc4n3)ccc2c1. The first-order valence-electron chi connectivity index (χ1n) is 8.92. The van der Waals surface area contributed by atoms with Gasteiger partial charge < -0.3 is 9.84 Å². The Kier molecular flexibility index (Phi) is 4.55. The van der Waals surface area contributed by atoms with Crippen molar-refractivity contribution in [3.05, 3.63) is 84.1 Å². The van der Waals surface area contributed by atoms with E-state index >= 15 is 0 Å². The molecule has 1 aromatic heterocycles. The molecular weight excluding hydrogens is 322 g/mol. The smallest absolute Gasteiger partial charge is 0.130 e. The Morgan fingerprint density at radius 2 is 1.65 bits per heavy atom. The molecule has 1 heterocycles. The van der Waals surface area contributed by atoms with E-state index < -0.39 is 6.10 Å². The van der Waals surface area contributed by atoms with Gasteiger partial charge in [0, 0.05) is 5.39 Å². The minimum absolute atomic E-state index is 0.408. The minimum Gasteiger partial charge on any atom is -0.487 e. The molecule has 0 amide bonds. The molecule has 4 aromatic rings. The predicted molar refractivity (Wildman–Crippen MR) is 105 cm³/mol. The lowest BCUT2D eigenvalue weighted by atomic mass is 10.0. The summed E-state index contributed by atoms with van der Waals surface area (Å²) in [7, 11) is 0. The fourth-order valence-electron chi connectivity index (χ4n) is 3.12. The summed E-state index contributed by atoms with van der Waals surface area (Å²) in [5, 5.41) is 13.3. The molecule has 0 unspecified atom stereocenters. The van der Waals surface area contributed by atoms with Crippen LogP contribution in [0.25, 0.3) is 21.7 Å². The van der Waals surface area contributed by atoms with Crippen LogP contribution in [0.5, 0.6) is 5.75 Å². The summed E-state index contributed by atoms with van der Waals surface area (Å²) in [5.74, 6) is 0.816. The second-order valence-corrected chi connectivity index (χ2v) is 6.48. The van der Waals surface area contributed by atoms with Gasteiger partial charge in [0.25, 0.3) is 0 Å². The number of benzene rings is 3. The lowest BCUT2D eigenvalue weighted by Crippen LogP contribution is -1.98. The Balaban J connectivity index is 1.53. The molecule has 0 aliphatic rings. The van der Waals surface area contributed by atoms with Crippen LogP contribution in [0.3, 0.4) is 0 Å². The highest BCUT2D eigenvalue weighted by Crippen LogP contribution is 2.26. The number of fused-ring (bicyclic) bond motifs is 2. The van der Waals surface area contributed by atoms with Crippen molar-refractivity contribution in [1.82, 2.24) is 4.98 Å². The molecule has 0 saturated carbocycles. The van der Waals surface area contributed by atoms with Crippen molar-refractivity contribution in [3.8, 4) is 5.75 Å². The maximum atomic E-state index is 10.00. The molecule has 26 heavy (non-hydrogen) atoms. The minimum atomic E-state index is -0.408. The summed E-state index contributed by atoms with van der Waals surface area (Å²) in [6.45, 7) is 2.41. The number of ether oxygens (including phenoxy) is 1. The van der Waals surface area contributed by atoms with Crippen LogP contribution in [0.1, 0.15) is 30.7 Å². The molecule has 0 aliphatic carbocycles. The number of aromatic nitrogens is 1. The molecule has 3 heteroatoms. The van der Waals surface area contributed by atoms with Crippen molar-refractivity contribution in [2.45, 2.75) is 26.1 Å². The second kappa shape index (κ2) is 7.14. The van der Waals surface area contributed by atoms with Crippen LogP contribution in [0, 0.1) is 0 Å². The van der Waals surface area contributed by atoms with E-state index in [1.807, 2.05) is 67.6 Å². The van der Waals surface area contributed by atoms with Gasteiger partial charge >= 0.3 is 0 Å². The topological polar surface area (TPSA) is 42.4 Å². The zero-order chi connectivity index (χ0) is 17.9. The number of rotatable bonds is 5. The van der Waals surface area contributed by atoms with E-state index in [9.17, 15) is 5.11 Å². The van der Waals surface area contributed by atoms with E-state index in [-0.39, 0.29) is 0 Å². The predicted octanol–water partition coefficient (Wildman–Crippen LogP) is 5.41. The van der Waals surface area contributed by atoms with Gasteiger partial charge in [-0.15, -0.1) is 0 Å². The zero-order valence-corrected chi connectivity index (χ0v) is 14.7. The number of aliphatic hydroxyl groups excluding tert-OH is 1. The van der Waals surface area contributed by atoms with Gasteiger partial charge in [-0.2, -0.15) is 0 Å². The largest absolute Gasteiger partial charge is 0.487 e. The first-order chi connectivity index (χ1) is 12.7. The van der Waals surface area contributed by atoms with Gasteiger partial charge in [0.2, 0.25) is 0 Å². The molecule has 0 spiro atoms. The highest BCUT2D eigenvalue weighted by Gasteiger charge is 2.06. The molecule has 3 nitrogen and oxygen atoms in total. The Hall–Kier alpha value is -2.91. The van der Waals surface area contributed by atoms with Gasteiger partial charge in [-0.3, -0.25) is 0 Å². The molecule has 1 atom stereocenters. The first kappa shape index (κ1) is 16.6. The second-order valence-electron chi connectivity index (χ2n) is 6.48. The maximum Gasteiger partial charge on any atom is 0.130 e. The zero-order valence-electron chi connectivity index (χ0n) is 14.7. The average molecular weight is 343 g/mol. The van der Waals surface area contributed by atoms with Crippen LogP contribution in [-0.2, 0) is 6.61 Å². The maximum absolute atomic E-state index is 10.00. The van der Waals surface area contributed by atoms with Gasteiger partial charge in [-0.05, 0) is 53.1 Å². The van der Waals surface area contributed by atoms with Crippen LogP contribution < -0.4 is 4.74 Å². The van der Waals surface area contributed by atoms with Gasteiger partial charge in [-0.1, -0.05) is 49.4 Å². The normalized spacial score (nSPS) is 12.4. The lowest BCUT2D eigenvalue weighted by Gasteiger charge is -2.11. The number of hydrogen-bond acceptors (Lipinski definition) is 3. The average Bonchev–Trinajstić information content (AvgIpc) is 2.71. The Labute approximate surface area is 152 Å². The molecule has 0 aliphatic heterocycles. The van der Waals surface area contributed by atoms with Crippen molar-refractivity contribution in [1.29, 1.82) is 0 Å². The van der Waals surface area contributed by atoms with Crippen LogP contribution >= 0.6 is 0 Å². The summed E-state index contributed by atoms with van der Waals surface area (Å²) in [6, 6.07) is 24.2. The summed E-state index contributed by atoms with van der Waals surface area (Å²) in [5.41, 5.74) is 2.84. The van der Waals surface area contributed by atoms with Crippen LogP contribution in [0.4, 0.5) is 0 Å². The Bertz CT molecular complexity index is 1060. The fourth-order valence-corrected chi connectivity index (χ4v) is 3.12. The standard InChI is InChI=1S/C23H21NO2/c1-2-23(25)19-8-7-18-14-21(12-10-17(18)13-19)26-15-20-11-9-16-5-3-4-6-22(16)24-20/h3-14,23,25H,2,15H2,1H3/t23-/m0/s1. The van der Waals surface area contributed by atoms with E-state index in [0.717, 1.165) is 38.7 Å². The molecule has 0 fully saturated rings. The molecule has 4 rings (SSSR count). The highest BCUT2D eigenvalue weighted by molar-refractivity contribution is 5.84. The molecule has 0 bridgehead atoms. The number of hydrogen-bond donors (Lipinski definition) is 1. The highest BCUT2D eigenvalue weighted by atomic mass is 16.5. The number of aliphatic hydroxyl groups is 1. The van der Waals surface area contributed by atoms with E-state index in [0.29, 0.717) is 13.0 Å². The molecular formula is C23H21NO2. The quantitative estimate of drug-likeness (QED) is 0.527. The van der Waals surface area contributed by atoms with Crippen molar-refractivity contribution in [3.63, 3.8) is 0 Å². The lowest BCUT2D eigenvalue weighted by molar-refractivity contribution is 0.174. The van der Waals surface area contributed by atoms with E-state index in [4.69, 9.17) is 4.74 Å². The van der Waals surface area contributed by atoms with Crippen molar-refractivity contribution in [2.75, 3.05) is 0 Å². The van der Waals surface area contributed by atoms with E-state index in [2.05, 4.69) is 17.1 Å². The van der Waals surface area contributed by atoms with Crippen LogP contribution in [0.15, 0.2) is 72.8 Å². The van der Waals surface area contributed by atoms with Gasteiger partial charge in [0.15, 0.2) is 0 Å². The van der Waals surface area contributed by atoms with Gasteiger partial charge in [0.1, 0.15) is 12.4 Å². The first-order valence-corrected chi connectivity index (χ1v) is 8.92. The Morgan fingerprint density at radius 3 is 2.54 bits per heavy atom. The number of nitrogens with zero attached hydrogens (tertiary/aromatic N) is 1. The Morgan fingerprint density at radius 1 is 0.885 bits per heavy atom. The van der Waals surface area contributed by atoms with Crippen molar-refractivity contribution >= 4 is 21.7 Å². The van der Waals surface area contributed by atoms with E-state index in [1.165, 1.54) is 0 Å². The molecule has 1 N–H and O–H groups in total. The monoisotopic (exact) mass is 343 g/mol. The molecule has 0 radical (unpaired) electrons.